The van der Waals surface area contributed by atoms with Crippen molar-refractivity contribution in [3.05, 3.63) is 25.1 Å². The van der Waals surface area contributed by atoms with E-state index in [1.165, 1.54) is 12.4 Å². The summed E-state index contributed by atoms with van der Waals surface area (Å²) in [5, 5.41) is 8.29. The van der Waals surface area contributed by atoms with E-state index in [1.807, 2.05) is 0 Å². The van der Waals surface area contributed by atoms with Crippen LogP contribution in [0.2, 0.25) is 0 Å². The molecule has 0 bridgehead atoms. The fourth-order valence-corrected chi connectivity index (χ4v) is 0.139. The highest BCUT2D eigenvalue weighted by Gasteiger charge is 1.69. The molecule has 0 saturated carbocycles. The fourth-order valence-electron chi connectivity index (χ4n) is 0.139. The largest absolute Gasteiger partial charge is 0.507 e. The summed E-state index contributed by atoms with van der Waals surface area (Å²) in [6.07, 6.45) is 2.54. The van der Waals surface area contributed by atoms with Crippen molar-refractivity contribution in [2.45, 2.75) is 0 Å². The fraction of sp³-hybridized carbons (Fsp3) is 0. The lowest BCUT2D eigenvalue weighted by Crippen LogP contribution is -1.73. The lowest BCUT2D eigenvalue weighted by atomic mass is 10.6. The monoisotopic (exact) mass is 97.1 g/mol. The summed E-state index contributed by atoms with van der Waals surface area (Å²) in [6, 6.07) is 0. The Morgan fingerprint density at radius 1 is 1.71 bits per heavy atom. The number of hydrogen-bond donors (Lipinski definition) is 1. The van der Waals surface area contributed by atoms with Crippen LogP contribution >= 0.6 is 0 Å². The normalized spacial score (nSPS) is 9.14. The first-order valence-electron chi connectivity index (χ1n) is 1.79. The minimum atomic E-state index is -0.0556. The van der Waals surface area contributed by atoms with Gasteiger partial charge in [-0.05, 0) is 0 Å². The van der Waals surface area contributed by atoms with E-state index in [4.69, 9.17) is 5.11 Å². The molecule has 0 aliphatic rings. The maximum atomic E-state index is 8.29. The van der Waals surface area contributed by atoms with E-state index >= 15 is 0 Å². The minimum Gasteiger partial charge on any atom is -0.507 e. The van der Waals surface area contributed by atoms with Crippen molar-refractivity contribution in [3.63, 3.8) is 0 Å². The maximum Gasteiger partial charge on any atom is 0.126 e. The summed E-state index contributed by atoms with van der Waals surface area (Å²) in [4.78, 5) is 3.46. The molecule has 2 heteroatoms. The Bertz CT molecular complexity index is 105. The third-order valence-electron chi connectivity index (χ3n) is 0.329. The average Bonchev–Trinajstić information content (AvgIpc) is 1.61. The Labute approximate surface area is 42.5 Å². The molecular weight excluding hydrogens is 90.1 g/mol. The third-order valence-corrected chi connectivity index (χ3v) is 0.329. The predicted octanol–water partition coefficient (Wildman–Crippen LogP) is 1.27. The van der Waals surface area contributed by atoms with Gasteiger partial charge in [0.15, 0.2) is 0 Å². The summed E-state index contributed by atoms with van der Waals surface area (Å²) in [5.41, 5.74) is 0. The van der Waals surface area contributed by atoms with Crippen LogP contribution in [0, 0.1) is 0 Å². The molecule has 0 radical (unpaired) electrons. The first-order valence-corrected chi connectivity index (χ1v) is 1.79. The van der Waals surface area contributed by atoms with E-state index < -0.39 is 0 Å². The van der Waals surface area contributed by atoms with Crippen LogP contribution in [-0.4, -0.2) is 11.3 Å². The molecule has 0 spiro atoms. The van der Waals surface area contributed by atoms with E-state index in [0.29, 0.717) is 0 Å². The van der Waals surface area contributed by atoms with Crippen LogP contribution in [0.15, 0.2) is 30.1 Å². The molecule has 0 saturated heterocycles. The van der Waals surface area contributed by atoms with E-state index in [-0.39, 0.29) is 5.76 Å². The summed E-state index contributed by atoms with van der Waals surface area (Å²) >= 11 is 0. The molecule has 0 rings (SSSR count). The Balaban J connectivity index is 3.46. The highest BCUT2D eigenvalue weighted by molar-refractivity contribution is 5.74. The van der Waals surface area contributed by atoms with Crippen molar-refractivity contribution in [3.8, 4) is 0 Å². The van der Waals surface area contributed by atoms with Gasteiger partial charge in [0.1, 0.15) is 5.76 Å². The van der Waals surface area contributed by atoms with Crippen molar-refractivity contribution in [2.75, 3.05) is 0 Å². The molecule has 1 N–H and O–H groups in total. The van der Waals surface area contributed by atoms with Gasteiger partial charge in [-0.1, -0.05) is 13.2 Å². The van der Waals surface area contributed by atoms with Crippen molar-refractivity contribution in [1.82, 2.24) is 0 Å². The summed E-state index contributed by atoms with van der Waals surface area (Å²) in [5.74, 6) is -0.0556. The average molecular weight is 97.1 g/mol. The number of aliphatic hydroxyl groups excluding tert-OH is 1. The van der Waals surface area contributed by atoms with Crippen LogP contribution in [-0.2, 0) is 0 Å². The van der Waals surface area contributed by atoms with Crippen LogP contribution in [0.25, 0.3) is 0 Å². The second kappa shape index (κ2) is 3.15. The number of hydrogen-bond acceptors (Lipinski definition) is 2. The molecule has 0 atom stereocenters. The molecule has 0 aliphatic carbocycles. The Hall–Kier alpha value is -1.05. The Kier molecular flexibility index (Phi) is 2.68. The zero-order valence-electron chi connectivity index (χ0n) is 3.96. The maximum absolute atomic E-state index is 8.29. The van der Waals surface area contributed by atoms with Crippen LogP contribution in [0.1, 0.15) is 0 Å². The van der Waals surface area contributed by atoms with Gasteiger partial charge in [-0.3, -0.25) is 4.99 Å². The van der Waals surface area contributed by atoms with Crippen molar-refractivity contribution < 1.29 is 5.11 Å². The SMILES string of the molecule is C=CN=CC(=C)O. The molecule has 0 heterocycles. The topological polar surface area (TPSA) is 32.6 Å². The van der Waals surface area contributed by atoms with Crippen LogP contribution < -0.4 is 0 Å². The highest BCUT2D eigenvalue weighted by Crippen LogP contribution is 1.73. The lowest BCUT2D eigenvalue weighted by Gasteiger charge is -1.77. The second-order valence-corrected chi connectivity index (χ2v) is 0.952. The second-order valence-electron chi connectivity index (χ2n) is 0.952. The van der Waals surface area contributed by atoms with Gasteiger partial charge in [0.05, 0.1) is 6.21 Å². The van der Waals surface area contributed by atoms with Gasteiger partial charge in [-0.15, -0.1) is 0 Å². The van der Waals surface area contributed by atoms with E-state index in [9.17, 15) is 0 Å². The molecule has 38 valence electrons. The highest BCUT2D eigenvalue weighted by atomic mass is 16.3. The van der Waals surface area contributed by atoms with Crippen molar-refractivity contribution in [2.24, 2.45) is 4.99 Å². The molecule has 0 amide bonds. The summed E-state index contributed by atoms with van der Waals surface area (Å²) < 4.78 is 0. The Morgan fingerprint density at radius 2 is 2.29 bits per heavy atom. The van der Waals surface area contributed by atoms with Gasteiger partial charge < -0.3 is 5.11 Å². The van der Waals surface area contributed by atoms with Crippen molar-refractivity contribution >= 4 is 6.21 Å². The van der Waals surface area contributed by atoms with E-state index in [2.05, 4.69) is 18.2 Å². The molecule has 0 aromatic heterocycles. The Morgan fingerprint density at radius 3 is 2.43 bits per heavy atom. The van der Waals surface area contributed by atoms with Gasteiger partial charge in [0, 0.05) is 6.20 Å². The smallest absolute Gasteiger partial charge is 0.126 e. The molecule has 0 unspecified atom stereocenters. The molecule has 2 nitrogen and oxygen atoms in total. The number of rotatable bonds is 2. The van der Waals surface area contributed by atoms with Crippen LogP contribution in [0.3, 0.4) is 0 Å². The van der Waals surface area contributed by atoms with Crippen molar-refractivity contribution in [1.29, 1.82) is 0 Å². The molecule has 7 heavy (non-hydrogen) atoms. The van der Waals surface area contributed by atoms with Gasteiger partial charge >= 0.3 is 0 Å². The quantitative estimate of drug-likeness (QED) is 0.408. The lowest BCUT2D eigenvalue weighted by molar-refractivity contribution is 0.449. The van der Waals surface area contributed by atoms with Gasteiger partial charge in [-0.2, -0.15) is 0 Å². The van der Waals surface area contributed by atoms with Gasteiger partial charge in [-0.25, -0.2) is 0 Å². The summed E-state index contributed by atoms with van der Waals surface area (Å²) in [7, 11) is 0. The van der Waals surface area contributed by atoms with Gasteiger partial charge in [0.2, 0.25) is 0 Å². The third kappa shape index (κ3) is 4.95. The molecule has 0 aromatic rings. The zero-order chi connectivity index (χ0) is 5.70. The number of allylic oxidation sites excluding steroid dienone is 1. The first-order chi connectivity index (χ1) is 3.27. The van der Waals surface area contributed by atoms with Gasteiger partial charge in [0.25, 0.3) is 0 Å². The summed E-state index contributed by atoms with van der Waals surface area (Å²) in [6.45, 7) is 6.43. The standard InChI is InChI=1S/C5H7NO/c1-3-6-4-5(2)7/h3-4,7H,1-2H2. The number of nitrogens with zero attached hydrogens (tertiary/aromatic N) is 1. The molecule has 0 aliphatic heterocycles. The van der Waals surface area contributed by atoms with E-state index in [1.54, 1.807) is 0 Å². The zero-order valence-corrected chi connectivity index (χ0v) is 3.96. The van der Waals surface area contributed by atoms with E-state index in [0.717, 1.165) is 0 Å². The molecular formula is C5H7NO. The minimum absolute atomic E-state index is 0.0556. The number of aliphatic imine (C=N–C) groups is 1. The molecule has 0 fully saturated rings. The van der Waals surface area contributed by atoms with Crippen LogP contribution in [0.4, 0.5) is 0 Å². The predicted molar refractivity (Wildman–Crippen MR) is 30.5 cm³/mol. The molecule has 0 aromatic carbocycles. The first kappa shape index (κ1) is 5.95. The number of aliphatic hydroxyl groups is 1. The van der Waals surface area contributed by atoms with Crippen LogP contribution in [0.5, 0.6) is 0 Å².